The van der Waals surface area contributed by atoms with Crippen LogP contribution in [0, 0.1) is 0 Å². The monoisotopic (exact) mass is 463 g/mol. The van der Waals surface area contributed by atoms with E-state index in [4.69, 9.17) is 23.2 Å². The molecule has 0 saturated heterocycles. The zero-order valence-electron chi connectivity index (χ0n) is 16.0. The van der Waals surface area contributed by atoms with Crippen molar-refractivity contribution in [2.75, 3.05) is 24.2 Å². The number of nitrogens with zero attached hydrogens (tertiary/aromatic N) is 1. The van der Waals surface area contributed by atoms with Crippen LogP contribution in [0.3, 0.4) is 0 Å². The first kappa shape index (κ1) is 22.1. The Labute approximate surface area is 185 Å². The van der Waals surface area contributed by atoms with E-state index < -0.39 is 15.9 Å². The Morgan fingerprint density at radius 2 is 1.50 bits per heavy atom. The number of hydrogen-bond acceptors (Lipinski definition) is 4. The smallest absolute Gasteiger partial charge is 0.244 e. The van der Waals surface area contributed by atoms with Crippen LogP contribution < -0.4 is 10.6 Å². The zero-order valence-corrected chi connectivity index (χ0v) is 18.3. The van der Waals surface area contributed by atoms with E-state index in [1.165, 1.54) is 25.2 Å². The maximum Gasteiger partial charge on any atom is 0.244 e. The van der Waals surface area contributed by atoms with Crippen molar-refractivity contribution < 1.29 is 13.2 Å². The van der Waals surface area contributed by atoms with Crippen molar-refractivity contribution in [3.8, 4) is 0 Å². The number of anilines is 3. The summed E-state index contributed by atoms with van der Waals surface area (Å²) in [6.45, 7) is -0.380. The lowest BCUT2D eigenvalue weighted by molar-refractivity contribution is -0.116. The van der Waals surface area contributed by atoms with Crippen LogP contribution in [0.5, 0.6) is 0 Å². The predicted octanol–water partition coefficient (Wildman–Crippen LogP) is 5.00. The number of halogens is 2. The fourth-order valence-corrected chi connectivity index (χ4v) is 4.52. The maximum atomic E-state index is 12.7. The quantitative estimate of drug-likeness (QED) is 0.516. The van der Waals surface area contributed by atoms with E-state index in [9.17, 15) is 13.2 Å². The molecular weight excluding hydrogens is 445 g/mol. The Kier molecular flexibility index (Phi) is 6.99. The highest BCUT2D eigenvalue weighted by Gasteiger charge is 2.25. The Bertz CT molecular complexity index is 1140. The van der Waals surface area contributed by atoms with E-state index in [0.717, 1.165) is 15.7 Å². The molecule has 0 heterocycles. The van der Waals surface area contributed by atoms with Crippen molar-refractivity contribution in [1.82, 2.24) is 4.31 Å². The summed E-state index contributed by atoms with van der Waals surface area (Å²) in [5, 5.41) is 6.19. The number of likely N-dealkylation sites (N-methyl/N-ethyl adjacent to an activating group) is 1. The molecule has 3 rings (SSSR count). The van der Waals surface area contributed by atoms with Gasteiger partial charge in [-0.3, -0.25) is 4.79 Å². The highest BCUT2D eigenvalue weighted by molar-refractivity contribution is 7.89. The summed E-state index contributed by atoms with van der Waals surface area (Å²) in [6, 6.07) is 20.9. The average molecular weight is 464 g/mol. The second-order valence-electron chi connectivity index (χ2n) is 6.45. The van der Waals surface area contributed by atoms with Crippen LogP contribution >= 0.6 is 23.2 Å². The van der Waals surface area contributed by atoms with Crippen LogP contribution in [-0.4, -0.2) is 32.2 Å². The largest absolute Gasteiger partial charge is 0.356 e. The molecule has 30 heavy (non-hydrogen) atoms. The van der Waals surface area contributed by atoms with E-state index in [1.54, 1.807) is 12.1 Å². The third kappa shape index (κ3) is 5.52. The van der Waals surface area contributed by atoms with E-state index in [-0.39, 0.29) is 21.5 Å². The Morgan fingerprint density at radius 3 is 2.17 bits per heavy atom. The number of sulfonamides is 1. The molecule has 3 aromatic carbocycles. The van der Waals surface area contributed by atoms with Gasteiger partial charge in [0.2, 0.25) is 15.9 Å². The molecule has 3 aromatic rings. The van der Waals surface area contributed by atoms with E-state index in [1.807, 2.05) is 42.5 Å². The minimum Gasteiger partial charge on any atom is -0.356 e. The van der Waals surface area contributed by atoms with Gasteiger partial charge in [-0.05, 0) is 54.6 Å². The second-order valence-corrected chi connectivity index (χ2v) is 9.31. The molecule has 1 amide bonds. The number of benzene rings is 3. The van der Waals surface area contributed by atoms with Crippen molar-refractivity contribution in [3.05, 3.63) is 82.8 Å². The van der Waals surface area contributed by atoms with Gasteiger partial charge in [-0.1, -0.05) is 41.4 Å². The van der Waals surface area contributed by atoms with Crippen molar-refractivity contribution in [2.24, 2.45) is 0 Å². The number of hydrogen-bond donors (Lipinski definition) is 2. The number of nitrogens with one attached hydrogen (secondary N) is 2. The molecule has 0 aliphatic carbocycles. The van der Waals surface area contributed by atoms with Crippen molar-refractivity contribution in [2.45, 2.75) is 4.90 Å². The summed E-state index contributed by atoms with van der Waals surface area (Å²) < 4.78 is 26.3. The fourth-order valence-electron chi connectivity index (χ4n) is 2.66. The summed E-state index contributed by atoms with van der Waals surface area (Å²) in [5.74, 6) is -0.483. The molecule has 2 N–H and O–H groups in total. The molecule has 156 valence electrons. The summed E-state index contributed by atoms with van der Waals surface area (Å²) in [6.07, 6.45) is 0. The first-order chi connectivity index (χ1) is 14.3. The molecule has 0 aromatic heterocycles. The molecule has 0 bridgehead atoms. The molecule has 0 saturated carbocycles. The number of amides is 1. The van der Waals surface area contributed by atoms with Gasteiger partial charge >= 0.3 is 0 Å². The maximum absolute atomic E-state index is 12.7. The molecular formula is C21H19Cl2N3O3S. The van der Waals surface area contributed by atoms with Crippen LogP contribution in [0.4, 0.5) is 17.1 Å². The van der Waals surface area contributed by atoms with Crippen molar-refractivity contribution in [3.63, 3.8) is 0 Å². The van der Waals surface area contributed by atoms with Gasteiger partial charge in [0.1, 0.15) is 4.90 Å². The minimum absolute atomic E-state index is 0.0353. The average Bonchev–Trinajstić information content (AvgIpc) is 2.72. The highest BCUT2D eigenvalue weighted by atomic mass is 35.5. The molecule has 9 heteroatoms. The molecule has 0 spiro atoms. The SMILES string of the molecule is CN(CC(=O)Nc1ccc(Nc2ccccc2)cc1)S(=O)(=O)c1cc(Cl)ccc1Cl. The summed E-state index contributed by atoms with van der Waals surface area (Å²) >= 11 is 11.9. The van der Waals surface area contributed by atoms with Crippen LogP contribution in [0.2, 0.25) is 10.0 Å². The van der Waals surface area contributed by atoms with Gasteiger partial charge in [0.25, 0.3) is 0 Å². The van der Waals surface area contributed by atoms with Crippen molar-refractivity contribution in [1.29, 1.82) is 0 Å². The minimum atomic E-state index is -3.97. The molecule has 0 aliphatic heterocycles. The first-order valence-electron chi connectivity index (χ1n) is 8.89. The van der Waals surface area contributed by atoms with Gasteiger partial charge in [0, 0.05) is 29.1 Å². The number of rotatable bonds is 7. The van der Waals surface area contributed by atoms with Crippen LogP contribution in [0.25, 0.3) is 0 Å². The summed E-state index contributed by atoms with van der Waals surface area (Å²) in [7, 11) is -2.67. The topological polar surface area (TPSA) is 78.5 Å². The number of carbonyl (C=O) groups excluding carboxylic acids is 1. The predicted molar refractivity (Wildman–Crippen MR) is 121 cm³/mol. The zero-order chi connectivity index (χ0) is 21.7. The van der Waals surface area contributed by atoms with E-state index in [2.05, 4.69) is 10.6 Å². The van der Waals surface area contributed by atoms with Gasteiger partial charge in [-0.2, -0.15) is 4.31 Å². The molecule has 0 fully saturated rings. The highest BCUT2D eigenvalue weighted by Crippen LogP contribution is 2.27. The van der Waals surface area contributed by atoms with Gasteiger partial charge < -0.3 is 10.6 Å². The lowest BCUT2D eigenvalue weighted by Gasteiger charge is -2.18. The molecule has 0 unspecified atom stereocenters. The third-order valence-electron chi connectivity index (χ3n) is 4.18. The van der Waals surface area contributed by atoms with E-state index >= 15 is 0 Å². The Hall–Kier alpha value is -2.58. The molecule has 0 atom stereocenters. The number of carbonyl (C=O) groups is 1. The summed E-state index contributed by atoms with van der Waals surface area (Å²) in [4.78, 5) is 12.2. The third-order valence-corrected chi connectivity index (χ3v) is 6.70. The van der Waals surface area contributed by atoms with Gasteiger partial charge in [0.05, 0.1) is 11.6 Å². The standard InChI is InChI=1S/C21H19Cl2N3O3S/c1-26(30(28,29)20-13-15(22)7-12-19(20)23)14-21(27)25-18-10-8-17(9-11-18)24-16-5-3-2-4-6-16/h2-13,24H,14H2,1H3,(H,25,27). The van der Waals surface area contributed by atoms with Crippen molar-refractivity contribution >= 4 is 56.2 Å². The molecule has 0 radical (unpaired) electrons. The van der Waals surface area contributed by atoms with Gasteiger partial charge in [0.15, 0.2) is 0 Å². The van der Waals surface area contributed by atoms with Crippen LogP contribution in [0.15, 0.2) is 77.7 Å². The van der Waals surface area contributed by atoms with E-state index in [0.29, 0.717) is 5.69 Å². The van der Waals surface area contributed by atoms with Crippen LogP contribution in [0.1, 0.15) is 0 Å². The van der Waals surface area contributed by atoms with Gasteiger partial charge in [-0.15, -0.1) is 0 Å². The second kappa shape index (κ2) is 9.49. The fraction of sp³-hybridized carbons (Fsp3) is 0.0952. The lowest BCUT2D eigenvalue weighted by atomic mass is 10.2. The number of para-hydroxylation sites is 1. The van der Waals surface area contributed by atoms with Gasteiger partial charge in [-0.25, -0.2) is 8.42 Å². The normalized spacial score (nSPS) is 11.3. The Balaban J connectivity index is 1.62. The summed E-state index contributed by atoms with van der Waals surface area (Å²) in [5.41, 5.74) is 2.35. The Morgan fingerprint density at radius 1 is 0.900 bits per heavy atom. The first-order valence-corrected chi connectivity index (χ1v) is 11.1. The lowest BCUT2D eigenvalue weighted by Crippen LogP contribution is -2.35. The molecule has 6 nitrogen and oxygen atoms in total. The molecule has 0 aliphatic rings. The van der Waals surface area contributed by atoms with Crippen LogP contribution in [-0.2, 0) is 14.8 Å².